The molecular weight excluding hydrogens is 344 g/mol. The van der Waals surface area contributed by atoms with Crippen LogP contribution < -0.4 is 4.74 Å². The van der Waals surface area contributed by atoms with E-state index in [0.29, 0.717) is 25.1 Å². The van der Waals surface area contributed by atoms with Crippen molar-refractivity contribution in [3.8, 4) is 17.6 Å². The van der Waals surface area contributed by atoms with Crippen molar-refractivity contribution in [2.75, 3.05) is 13.1 Å². The van der Waals surface area contributed by atoms with Crippen LogP contribution in [0.25, 0.3) is 5.69 Å². The molecule has 1 amide bonds. The largest absolute Gasteiger partial charge is 0.470 e. The molecule has 0 spiro atoms. The molecule has 1 aliphatic heterocycles. The first-order chi connectivity index (χ1) is 13.2. The Morgan fingerprint density at radius 2 is 2.11 bits per heavy atom. The minimum atomic E-state index is -0.216. The minimum absolute atomic E-state index is 0.0604. The predicted molar refractivity (Wildman–Crippen MR) is 95.2 cm³/mol. The van der Waals surface area contributed by atoms with Gasteiger partial charge in [0.05, 0.1) is 12.2 Å². The molecule has 8 nitrogen and oxygen atoms in total. The molecule has 1 atom stereocenters. The van der Waals surface area contributed by atoms with Gasteiger partial charge in [0.1, 0.15) is 12.2 Å². The summed E-state index contributed by atoms with van der Waals surface area (Å²) in [6.07, 6.45) is 6.91. The molecule has 4 rings (SSSR count). The topological polar surface area (TPSA) is 96.9 Å². The van der Waals surface area contributed by atoms with Gasteiger partial charge in [0.25, 0.3) is 11.8 Å². The van der Waals surface area contributed by atoms with Crippen molar-refractivity contribution in [1.29, 1.82) is 5.26 Å². The second-order valence-corrected chi connectivity index (χ2v) is 6.10. The molecule has 1 aromatic carbocycles. The monoisotopic (exact) mass is 360 g/mol. The molecule has 2 aromatic heterocycles. The maximum atomic E-state index is 12.9. The third-order valence-electron chi connectivity index (χ3n) is 4.34. The molecule has 1 aliphatic rings. The number of benzene rings is 1. The second-order valence-electron chi connectivity index (χ2n) is 6.10. The van der Waals surface area contributed by atoms with Crippen molar-refractivity contribution in [2.24, 2.45) is 0 Å². The highest BCUT2D eigenvalue weighted by atomic mass is 16.5. The lowest BCUT2D eigenvalue weighted by Crippen LogP contribution is -2.31. The molecule has 0 radical (unpaired) electrons. The van der Waals surface area contributed by atoms with Crippen LogP contribution in [0, 0.1) is 11.3 Å². The average molecular weight is 360 g/mol. The predicted octanol–water partition coefficient (Wildman–Crippen LogP) is 1.83. The van der Waals surface area contributed by atoms with E-state index in [9.17, 15) is 4.79 Å². The van der Waals surface area contributed by atoms with Crippen LogP contribution in [0.5, 0.6) is 5.88 Å². The fraction of sp³-hybridized carbons (Fsp3) is 0.211. The molecule has 8 heteroatoms. The second kappa shape index (κ2) is 7.25. The van der Waals surface area contributed by atoms with Crippen molar-refractivity contribution in [3.05, 3.63) is 66.4 Å². The molecule has 27 heavy (non-hydrogen) atoms. The molecule has 0 aliphatic carbocycles. The normalized spacial score (nSPS) is 16.1. The van der Waals surface area contributed by atoms with Gasteiger partial charge in [0.2, 0.25) is 5.69 Å². The lowest BCUT2D eigenvalue weighted by Gasteiger charge is -2.17. The highest BCUT2D eigenvalue weighted by Crippen LogP contribution is 2.20. The molecule has 1 saturated heterocycles. The summed E-state index contributed by atoms with van der Waals surface area (Å²) in [5.41, 5.74) is 1.58. The Kier molecular flexibility index (Phi) is 4.49. The van der Waals surface area contributed by atoms with E-state index in [1.807, 2.05) is 36.5 Å². The van der Waals surface area contributed by atoms with E-state index in [1.165, 1.54) is 12.4 Å². The number of hydrogen-bond donors (Lipinski definition) is 0. The Morgan fingerprint density at radius 1 is 1.22 bits per heavy atom. The smallest absolute Gasteiger partial charge is 0.254 e. The maximum Gasteiger partial charge on any atom is 0.254 e. The van der Waals surface area contributed by atoms with Gasteiger partial charge in [0.15, 0.2) is 0 Å². The lowest BCUT2D eigenvalue weighted by molar-refractivity contribution is 0.0771. The zero-order chi connectivity index (χ0) is 18.6. The number of ether oxygens (including phenoxy) is 1. The number of amides is 1. The lowest BCUT2D eigenvalue weighted by atomic mass is 10.2. The number of rotatable bonds is 4. The Hall–Kier alpha value is -3.73. The summed E-state index contributed by atoms with van der Waals surface area (Å²) in [4.78, 5) is 22.6. The number of carbonyl (C=O) groups is 1. The molecule has 1 unspecified atom stereocenters. The van der Waals surface area contributed by atoms with E-state index >= 15 is 0 Å². The highest BCUT2D eigenvalue weighted by molar-refractivity contribution is 5.95. The van der Waals surface area contributed by atoms with Crippen molar-refractivity contribution in [2.45, 2.75) is 12.5 Å². The van der Waals surface area contributed by atoms with Gasteiger partial charge in [-0.2, -0.15) is 10.4 Å². The van der Waals surface area contributed by atoms with Crippen LogP contribution in [0.4, 0.5) is 0 Å². The first kappa shape index (κ1) is 16.7. The molecule has 0 bridgehead atoms. The van der Waals surface area contributed by atoms with Crippen LogP contribution in [0.3, 0.4) is 0 Å². The van der Waals surface area contributed by atoms with Gasteiger partial charge in [-0.15, -0.1) is 0 Å². The van der Waals surface area contributed by atoms with Crippen LogP contribution in [-0.2, 0) is 0 Å². The van der Waals surface area contributed by atoms with E-state index in [1.54, 1.807) is 21.8 Å². The number of likely N-dealkylation sites (tertiary alicyclic amines) is 1. The summed E-state index contributed by atoms with van der Waals surface area (Å²) >= 11 is 0. The maximum absolute atomic E-state index is 12.9. The molecular formula is C19H16N6O2. The van der Waals surface area contributed by atoms with E-state index in [0.717, 1.165) is 5.69 Å². The van der Waals surface area contributed by atoms with Crippen LogP contribution in [0.15, 0.2) is 55.1 Å². The van der Waals surface area contributed by atoms with Crippen LogP contribution >= 0.6 is 0 Å². The SMILES string of the molecule is N#Cc1nccnc1OC1CCN(C(=O)c2cccc(-n3cccn3)c2)C1. The van der Waals surface area contributed by atoms with E-state index < -0.39 is 0 Å². The Morgan fingerprint density at radius 3 is 2.93 bits per heavy atom. The number of carbonyl (C=O) groups excluding carboxylic acids is 1. The van der Waals surface area contributed by atoms with E-state index in [-0.39, 0.29) is 23.6 Å². The third kappa shape index (κ3) is 3.48. The number of aromatic nitrogens is 4. The number of hydrogen-bond acceptors (Lipinski definition) is 6. The summed E-state index contributed by atoms with van der Waals surface area (Å²) in [5, 5.41) is 13.3. The van der Waals surface area contributed by atoms with Crippen molar-refractivity contribution in [1.82, 2.24) is 24.6 Å². The van der Waals surface area contributed by atoms with Gasteiger partial charge in [-0.1, -0.05) is 6.07 Å². The van der Waals surface area contributed by atoms with Crippen LogP contribution in [0.1, 0.15) is 22.5 Å². The Labute approximate surface area is 155 Å². The molecule has 134 valence electrons. The quantitative estimate of drug-likeness (QED) is 0.704. The van der Waals surface area contributed by atoms with Crippen molar-refractivity contribution < 1.29 is 9.53 Å². The zero-order valence-electron chi connectivity index (χ0n) is 14.4. The summed E-state index contributed by atoms with van der Waals surface area (Å²) < 4.78 is 7.50. The Balaban J connectivity index is 1.45. The molecule has 3 heterocycles. The minimum Gasteiger partial charge on any atom is -0.470 e. The number of nitrogens with zero attached hydrogens (tertiary/aromatic N) is 6. The first-order valence-electron chi connectivity index (χ1n) is 8.52. The fourth-order valence-corrected chi connectivity index (χ4v) is 3.04. The molecule has 0 N–H and O–H groups in total. The zero-order valence-corrected chi connectivity index (χ0v) is 14.4. The van der Waals surface area contributed by atoms with Crippen LogP contribution in [-0.4, -0.2) is 49.7 Å². The van der Waals surface area contributed by atoms with Gasteiger partial charge in [-0.05, 0) is 24.3 Å². The van der Waals surface area contributed by atoms with Crippen molar-refractivity contribution >= 4 is 5.91 Å². The van der Waals surface area contributed by atoms with Gasteiger partial charge < -0.3 is 9.64 Å². The third-order valence-corrected chi connectivity index (χ3v) is 4.34. The van der Waals surface area contributed by atoms with Gasteiger partial charge in [-0.3, -0.25) is 4.79 Å². The first-order valence-corrected chi connectivity index (χ1v) is 8.52. The average Bonchev–Trinajstić information content (AvgIpc) is 3.40. The molecule has 3 aromatic rings. The fourth-order valence-electron chi connectivity index (χ4n) is 3.04. The van der Waals surface area contributed by atoms with E-state index in [2.05, 4.69) is 15.1 Å². The standard InChI is InChI=1S/C19H16N6O2/c20-12-17-18(22-8-7-21-17)27-16-5-10-24(13-16)19(26)14-3-1-4-15(11-14)25-9-2-6-23-25/h1-4,6-9,11,16H,5,10,13H2. The van der Waals surface area contributed by atoms with Gasteiger partial charge in [0, 0.05) is 43.3 Å². The van der Waals surface area contributed by atoms with Crippen molar-refractivity contribution in [3.63, 3.8) is 0 Å². The number of nitriles is 1. The highest BCUT2D eigenvalue weighted by Gasteiger charge is 2.29. The summed E-state index contributed by atoms with van der Waals surface area (Å²) in [7, 11) is 0. The molecule has 0 saturated carbocycles. The summed E-state index contributed by atoms with van der Waals surface area (Å²) in [5.74, 6) is 0.148. The van der Waals surface area contributed by atoms with E-state index in [4.69, 9.17) is 10.00 Å². The van der Waals surface area contributed by atoms with Gasteiger partial charge in [-0.25, -0.2) is 14.6 Å². The summed E-state index contributed by atoms with van der Waals surface area (Å²) in [6, 6.07) is 11.1. The summed E-state index contributed by atoms with van der Waals surface area (Å²) in [6.45, 7) is 1.02. The Bertz CT molecular complexity index is 995. The molecule has 1 fully saturated rings. The van der Waals surface area contributed by atoms with Crippen LogP contribution in [0.2, 0.25) is 0 Å². The van der Waals surface area contributed by atoms with Gasteiger partial charge >= 0.3 is 0 Å².